The van der Waals surface area contributed by atoms with Crippen molar-refractivity contribution in [3.8, 4) is 5.75 Å². The Morgan fingerprint density at radius 1 is 0.733 bits per heavy atom. The standard InChI is InChI=1S/C29H50O/c1-4-7-9-10-11-12-14-16-26-19-22-29(30-23-6-3)28(24-26)27-20-17-25(18-21-27)15-13-8-5-2/h19,22,24-25,27H,4-18,20-21,23H2,1-3H3. The van der Waals surface area contributed by atoms with Crippen molar-refractivity contribution < 1.29 is 4.74 Å². The molecule has 1 heteroatoms. The first-order chi connectivity index (χ1) is 14.8. The number of unbranched alkanes of at least 4 members (excludes halogenated alkanes) is 8. The number of hydrogen-bond donors (Lipinski definition) is 0. The first kappa shape index (κ1) is 25.3. The van der Waals surface area contributed by atoms with Crippen molar-refractivity contribution in [2.24, 2.45) is 5.92 Å². The first-order valence-electron chi connectivity index (χ1n) is 13.5. The van der Waals surface area contributed by atoms with E-state index in [4.69, 9.17) is 4.74 Å². The van der Waals surface area contributed by atoms with Gasteiger partial charge in [-0.1, -0.05) is 97.1 Å². The molecule has 1 fully saturated rings. The molecule has 0 aromatic heterocycles. The summed E-state index contributed by atoms with van der Waals surface area (Å²) < 4.78 is 6.18. The van der Waals surface area contributed by atoms with Gasteiger partial charge in [0.1, 0.15) is 5.75 Å². The Balaban J connectivity index is 1.87. The molecule has 1 saturated carbocycles. The van der Waals surface area contributed by atoms with Gasteiger partial charge in [-0.05, 0) is 74.0 Å². The Kier molecular flexibility index (Phi) is 13.3. The summed E-state index contributed by atoms with van der Waals surface area (Å²) in [7, 11) is 0. The highest BCUT2D eigenvalue weighted by Crippen LogP contribution is 2.41. The average Bonchev–Trinajstić information content (AvgIpc) is 2.78. The highest BCUT2D eigenvalue weighted by atomic mass is 16.5. The van der Waals surface area contributed by atoms with Crippen LogP contribution in [0.4, 0.5) is 0 Å². The molecule has 0 heterocycles. The zero-order valence-corrected chi connectivity index (χ0v) is 20.5. The van der Waals surface area contributed by atoms with E-state index in [2.05, 4.69) is 39.0 Å². The van der Waals surface area contributed by atoms with E-state index in [0.717, 1.165) is 18.9 Å². The van der Waals surface area contributed by atoms with Gasteiger partial charge in [0.25, 0.3) is 0 Å². The molecule has 0 bridgehead atoms. The zero-order valence-electron chi connectivity index (χ0n) is 20.5. The van der Waals surface area contributed by atoms with Crippen LogP contribution < -0.4 is 4.74 Å². The normalized spacial score (nSPS) is 19.2. The molecule has 1 aliphatic carbocycles. The topological polar surface area (TPSA) is 9.23 Å². The third-order valence-corrected chi connectivity index (χ3v) is 7.11. The molecule has 2 rings (SSSR count). The first-order valence-corrected chi connectivity index (χ1v) is 13.5. The Hall–Kier alpha value is -0.980. The van der Waals surface area contributed by atoms with E-state index >= 15 is 0 Å². The van der Waals surface area contributed by atoms with Crippen LogP contribution in [0, 0.1) is 5.92 Å². The van der Waals surface area contributed by atoms with Crippen molar-refractivity contribution in [2.75, 3.05) is 6.61 Å². The third-order valence-electron chi connectivity index (χ3n) is 7.11. The molecule has 1 nitrogen and oxygen atoms in total. The predicted molar refractivity (Wildman–Crippen MR) is 133 cm³/mol. The Morgan fingerprint density at radius 3 is 2.10 bits per heavy atom. The zero-order chi connectivity index (χ0) is 21.4. The van der Waals surface area contributed by atoms with Crippen LogP contribution >= 0.6 is 0 Å². The van der Waals surface area contributed by atoms with E-state index in [-0.39, 0.29) is 0 Å². The highest BCUT2D eigenvalue weighted by Gasteiger charge is 2.24. The fraction of sp³-hybridized carbons (Fsp3) is 0.793. The van der Waals surface area contributed by atoms with Gasteiger partial charge in [0.15, 0.2) is 0 Å². The molecule has 0 unspecified atom stereocenters. The molecule has 0 spiro atoms. The molecule has 30 heavy (non-hydrogen) atoms. The number of aryl methyl sites for hydroxylation is 1. The van der Waals surface area contributed by atoms with Crippen LogP contribution in [-0.4, -0.2) is 6.61 Å². The van der Waals surface area contributed by atoms with Gasteiger partial charge in [0.05, 0.1) is 6.61 Å². The second kappa shape index (κ2) is 15.8. The van der Waals surface area contributed by atoms with E-state index in [9.17, 15) is 0 Å². The maximum atomic E-state index is 6.18. The van der Waals surface area contributed by atoms with Gasteiger partial charge in [-0.15, -0.1) is 0 Å². The predicted octanol–water partition coefficient (Wildman–Crippen LogP) is 9.62. The molecule has 172 valence electrons. The Morgan fingerprint density at radius 2 is 1.40 bits per heavy atom. The number of hydrogen-bond acceptors (Lipinski definition) is 1. The lowest BCUT2D eigenvalue weighted by Crippen LogP contribution is -2.14. The summed E-state index contributed by atoms with van der Waals surface area (Å²) in [5, 5.41) is 0. The van der Waals surface area contributed by atoms with Gasteiger partial charge in [-0.2, -0.15) is 0 Å². The van der Waals surface area contributed by atoms with Gasteiger partial charge in [-0.25, -0.2) is 0 Å². The van der Waals surface area contributed by atoms with Gasteiger partial charge in [-0.3, -0.25) is 0 Å². The van der Waals surface area contributed by atoms with Gasteiger partial charge >= 0.3 is 0 Å². The van der Waals surface area contributed by atoms with E-state index in [0.29, 0.717) is 5.92 Å². The van der Waals surface area contributed by atoms with Crippen molar-refractivity contribution in [3.63, 3.8) is 0 Å². The quantitative estimate of drug-likeness (QED) is 0.245. The molecule has 0 radical (unpaired) electrons. The van der Waals surface area contributed by atoms with Crippen molar-refractivity contribution >= 4 is 0 Å². The lowest BCUT2D eigenvalue weighted by molar-refractivity contribution is 0.284. The van der Waals surface area contributed by atoms with Crippen molar-refractivity contribution in [1.29, 1.82) is 0 Å². The maximum absolute atomic E-state index is 6.18. The van der Waals surface area contributed by atoms with Crippen LogP contribution in [0.15, 0.2) is 18.2 Å². The van der Waals surface area contributed by atoms with E-state index < -0.39 is 0 Å². The Bertz CT molecular complexity index is 541. The maximum Gasteiger partial charge on any atom is 0.122 e. The van der Waals surface area contributed by atoms with Gasteiger partial charge in [0, 0.05) is 0 Å². The molecule has 1 aromatic rings. The monoisotopic (exact) mass is 414 g/mol. The van der Waals surface area contributed by atoms with E-state index in [1.54, 1.807) is 0 Å². The lowest BCUT2D eigenvalue weighted by Gasteiger charge is -2.30. The molecular weight excluding hydrogens is 364 g/mol. The SMILES string of the molecule is CCCCCCCCCc1ccc(OCCC)c(C2CCC(CCCCC)CC2)c1. The van der Waals surface area contributed by atoms with Crippen molar-refractivity contribution in [3.05, 3.63) is 29.3 Å². The molecular formula is C29H50O. The Labute approximate surface area is 188 Å². The summed E-state index contributed by atoms with van der Waals surface area (Å²) in [6.45, 7) is 7.66. The van der Waals surface area contributed by atoms with Crippen LogP contribution in [0.25, 0.3) is 0 Å². The van der Waals surface area contributed by atoms with Gasteiger partial charge in [0.2, 0.25) is 0 Å². The average molecular weight is 415 g/mol. The van der Waals surface area contributed by atoms with Gasteiger partial charge < -0.3 is 4.74 Å². The summed E-state index contributed by atoms with van der Waals surface area (Å²) in [6, 6.07) is 7.14. The second-order valence-electron chi connectivity index (χ2n) is 9.81. The summed E-state index contributed by atoms with van der Waals surface area (Å²) in [4.78, 5) is 0. The minimum atomic E-state index is 0.716. The summed E-state index contributed by atoms with van der Waals surface area (Å²) in [6.07, 6.45) is 23.3. The minimum Gasteiger partial charge on any atom is -0.493 e. The van der Waals surface area contributed by atoms with E-state index in [1.807, 2.05) is 0 Å². The molecule has 0 saturated heterocycles. The van der Waals surface area contributed by atoms with Crippen LogP contribution in [0.1, 0.15) is 141 Å². The highest BCUT2D eigenvalue weighted by molar-refractivity contribution is 5.40. The van der Waals surface area contributed by atoms with Crippen molar-refractivity contribution in [2.45, 2.75) is 136 Å². The van der Waals surface area contributed by atoms with Crippen LogP contribution in [-0.2, 0) is 6.42 Å². The van der Waals surface area contributed by atoms with Crippen LogP contribution in [0.5, 0.6) is 5.75 Å². The summed E-state index contributed by atoms with van der Waals surface area (Å²) >= 11 is 0. The third kappa shape index (κ3) is 9.44. The summed E-state index contributed by atoms with van der Waals surface area (Å²) in [5.41, 5.74) is 3.06. The van der Waals surface area contributed by atoms with Crippen LogP contribution in [0.2, 0.25) is 0 Å². The number of benzene rings is 1. The van der Waals surface area contributed by atoms with Crippen molar-refractivity contribution in [1.82, 2.24) is 0 Å². The fourth-order valence-electron chi connectivity index (χ4n) is 5.15. The minimum absolute atomic E-state index is 0.716. The lowest BCUT2D eigenvalue weighted by atomic mass is 9.76. The van der Waals surface area contributed by atoms with Crippen LogP contribution in [0.3, 0.4) is 0 Å². The molecule has 1 aromatic carbocycles. The molecule has 0 aliphatic heterocycles. The molecule has 0 atom stereocenters. The molecule has 1 aliphatic rings. The largest absolute Gasteiger partial charge is 0.493 e. The second-order valence-corrected chi connectivity index (χ2v) is 9.81. The fourth-order valence-corrected chi connectivity index (χ4v) is 5.15. The molecule has 0 N–H and O–H groups in total. The molecule has 0 amide bonds. The summed E-state index contributed by atoms with van der Waals surface area (Å²) in [5.74, 6) is 2.87. The number of ether oxygens (including phenoxy) is 1. The number of rotatable bonds is 16. The van der Waals surface area contributed by atoms with E-state index in [1.165, 1.54) is 120 Å². The smallest absolute Gasteiger partial charge is 0.122 e.